The molecule has 1 fully saturated rings. The molecule has 1 aromatic carbocycles. The molecule has 19 heavy (non-hydrogen) atoms. The maximum Gasteiger partial charge on any atom is 0.256 e. The van der Waals surface area contributed by atoms with Crippen LogP contribution in [0.25, 0.3) is 0 Å². The summed E-state index contributed by atoms with van der Waals surface area (Å²) in [6, 6.07) is 5.55. The van der Waals surface area contributed by atoms with Gasteiger partial charge in [0.15, 0.2) is 0 Å². The highest BCUT2D eigenvalue weighted by Gasteiger charge is 2.26. The second-order valence-electron chi connectivity index (χ2n) is 5.03. The van der Waals surface area contributed by atoms with Crippen molar-refractivity contribution in [1.29, 1.82) is 0 Å². The zero-order chi connectivity index (χ0) is 14.0. The molecule has 1 amide bonds. The second-order valence-corrected chi connectivity index (χ2v) is 5.03. The third-order valence-corrected chi connectivity index (χ3v) is 3.74. The molecule has 5 heteroatoms. The Hall–Kier alpha value is -1.75. The number of nitrogens with two attached hydrogens (primary N) is 1. The first-order valence-electron chi connectivity index (χ1n) is 6.46. The zero-order valence-electron chi connectivity index (χ0n) is 11.7. The van der Waals surface area contributed by atoms with E-state index in [2.05, 4.69) is 18.9 Å². The van der Waals surface area contributed by atoms with Crippen LogP contribution in [0.4, 0.5) is 5.69 Å². The average molecular weight is 263 g/mol. The summed E-state index contributed by atoms with van der Waals surface area (Å²) in [6.07, 6.45) is 0. The van der Waals surface area contributed by atoms with Crippen LogP contribution in [0.5, 0.6) is 5.75 Å². The minimum atomic E-state index is -0.0173. The topological polar surface area (TPSA) is 58.8 Å². The van der Waals surface area contributed by atoms with Gasteiger partial charge >= 0.3 is 0 Å². The molecule has 0 saturated carbocycles. The van der Waals surface area contributed by atoms with Crippen LogP contribution in [0, 0.1) is 0 Å². The van der Waals surface area contributed by atoms with Crippen molar-refractivity contribution < 1.29 is 9.53 Å². The molecule has 1 saturated heterocycles. The van der Waals surface area contributed by atoms with Crippen molar-refractivity contribution in [2.75, 3.05) is 39.5 Å². The molecule has 0 aliphatic carbocycles. The molecule has 2 rings (SSSR count). The molecule has 0 spiro atoms. The first kappa shape index (κ1) is 13.7. The molecular weight excluding hydrogens is 242 g/mol. The first-order chi connectivity index (χ1) is 9.02. The molecule has 0 bridgehead atoms. The molecule has 1 atom stereocenters. The fourth-order valence-corrected chi connectivity index (χ4v) is 2.25. The third-order valence-electron chi connectivity index (χ3n) is 3.74. The predicted molar refractivity (Wildman–Crippen MR) is 75.4 cm³/mol. The van der Waals surface area contributed by atoms with E-state index in [1.807, 2.05) is 4.90 Å². The second kappa shape index (κ2) is 5.48. The predicted octanol–water partition coefficient (Wildman–Crippen LogP) is 1.05. The van der Waals surface area contributed by atoms with Crippen LogP contribution in [0.2, 0.25) is 0 Å². The van der Waals surface area contributed by atoms with Crippen molar-refractivity contribution in [2.24, 2.45) is 0 Å². The number of benzene rings is 1. The van der Waals surface area contributed by atoms with Crippen LogP contribution in [0.15, 0.2) is 18.2 Å². The maximum absolute atomic E-state index is 12.5. The lowest BCUT2D eigenvalue weighted by Gasteiger charge is -2.37. The molecule has 1 aliphatic heterocycles. The van der Waals surface area contributed by atoms with E-state index in [4.69, 9.17) is 10.5 Å². The Bertz CT molecular complexity index is 476. The lowest BCUT2D eigenvalue weighted by atomic mass is 10.1. The molecule has 1 heterocycles. The van der Waals surface area contributed by atoms with E-state index < -0.39 is 0 Å². The number of hydrogen-bond acceptors (Lipinski definition) is 4. The molecule has 1 unspecified atom stereocenters. The summed E-state index contributed by atoms with van der Waals surface area (Å²) in [6.45, 7) is 4.47. The molecular formula is C14H21N3O2. The average Bonchev–Trinajstić information content (AvgIpc) is 2.41. The first-order valence-corrected chi connectivity index (χ1v) is 6.46. The van der Waals surface area contributed by atoms with Crippen LogP contribution < -0.4 is 10.5 Å². The van der Waals surface area contributed by atoms with Gasteiger partial charge in [-0.05, 0) is 32.2 Å². The van der Waals surface area contributed by atoms with Crippen molar-refractivity contribution in [2.45, 2.75) is 13.0 Å². The van der Waals surface area contributed by atoms with Crippen LogP contribution in [-0.4, -0.2) is 55.5 Å². The minimum absolute atomic E-state index is 0.0173. The molecule has 1 aliphatic rings. The van der Waals surface area contributed by atoms with Crippen molar-refractivity contribution >= 4 is 11.6 Å². The number of carbonyl (C=O) groups is 1. The van der Waals surface area contributed by atoms with Gasteiger partial charge in [-0.15, -0.1) is 0 Å². The van der Waals surface area contributed by atoms with Gasteiger partial charge in [0.2, 0.25) is 0 Å². The Labute approximate surface area is 113 Å². The standard InChI is InChI=1S/C14H21N3O2/c1-10-9-17(7-6-16(10)2)14(18)12-8-11(19-3)4-5-13(12)15/h4-5,8,10H,6-7,9,15H2,1-3H3. The van der Waals surface area contributed by atoms with Gasteiger partial charge in [0.1, 0.15) is 5.75 Å². The Morgan fingerprint density at radius 2 is 2.16 bits per heavy atom. The van der Waals surface area contributed by atoms with Gasteiger partial charge in [-0.1, -0.05) is 0 Å². The Balaban J connectivity index is 2.20. The van der Waals surface area contributed by atoms with E-state index in [-0.39, 0.29) is 5.91 Å². The highest BCUT2D eigenvalue weighted by Crippen LogP contribution is 2.22. The normalized spacial score (nSPS) is 20.4. The van der Waals surface area contributed by atoms with E-state index in [1.165, 1.54) is 0 Å². The molecule has 5 nitrogen and oxygen atoms in total. The SMILES string of the molecule is COc1ccc(N)c(C(=O)N2CCN(C)C(C)C2)c1. The summed E-state index contributed by atoms with van der Waals surface area (Å²) in [5.41, 5.74) is 6.92. The Morgan fingerprint density at radius 1 is 1.42 bits per heavy atom. The lowest BCUT2D eigenvalue weighted by Crippen LogP contribution is -2.52. The quantitative estimate of drug-likeness (QED) is 0.810. The summed E-state index contributed by atoms with van der Waals surface area (Å²) < 4.78 is 5.15. The number of nitrogens with zero attached hydrogens (tertiary/aromatic N) is 2. The number of piperazine rings is 1. The number of nitrogen functional groups attached to an aromatic ring is 1. The number of carbonyl (C=O) groups excluding carboxylic acids is 1. The zero-order valence-corrected chi connectivity index (χ0v) is 11.7. The summed E-state index contributed by atoms with van der Waals surface area (Å²) in [7, 11) is 3.66. The van der Waals surface area contributed by atoms with E-state index in [0.717, 1.165) is 19.6 Å². The maximum atomic E-state index is 12.5. The number of rotatable bonds is 2. The summed E-state index contributed by atoms with van der Waals surface area (Å²) in [4.78, 5) is 16.6. The third kappa shape index (κ3) is 2.81. The van der Waals surface area contributed by atoms with Gasteiger partial charge in [-0.3, -0.25) is 4.79 Å². The van der Waals surface area contributed by atoms with Gasteiger partial charge in [0.25, 0.3) is 5.91 Å². The number of methoxy groups -OCH3 is 1. The molecule has 1 aromatic rings. The Morgan fingerprint density at radius 3 is 2.79 bits per heavy atom. The fourth-order valence-electron chi connectivity index (χ4n) is 2.25. The van der Waals surface area contributed by atoms with Gasteiger partial charge < -0.3 is 20.3 Å². The number of amides is 1. The van der Waals surface area contributed by atoms with Gasteiger partial charge in [-0.2, -0.15) is 0 Å². The Kier molecular flexibility index (Phi) is 3.95. The van der Waals surface area contributed by atoms with Gasteiger partial charge in [-0.25, -0.2) is 0 Å². The summed E-state index contributed by atoms with van der Waals surface area (Å²) in [5, 5.41) is 0. The smallest absolute Gasteiger partial charge is 0.256 e. The fraction of sp³-hybridized carbons (Fsp3) is 0.500. The van der Waals surface area contributed by atoms with Crippen LogP contribution in [-0.2, 0) is 0 Å². The monoisotopic (exact) mass is 263 g/mol. The number of hydrogen-bond donors (Lipinski definition) is 1. The van der Waals surface area contributed by atoms with Crippen molar-refractivity contribution in [3.05, 3.63) is 23.8 Å². The van der Waals surface area contributed by atoms with E-state index in [0.29, 0.717) is 23.0 Å². The largest absolute Gasteiger partial charge is 0.497 e. The van der Waals surface area contributed by atoms with Crippen LogP contribution in [0.3, 0.4) is 0 Å². The van der Waals surface area contributed by atoms with Crippen molar-refractivity contribution in [3.8, 4) is 5.75 Å². The number of ether oxygens (including phenoxy) is 1. The van der Waals surface area contributed by atoms with Crippen LogP contribution in [0.1, 0.15) is 17.3 Å². The summed E-state index contributed by atoms with van der Waals surface area (Å²) in [5.74, 6) is 0.635. The molecule has 104 valence electrons. The van der Waals surface area contributed by atoms with E-state index in [9.17, 15) is 4.79 Å². The molecule has 2 N–H and O–H groups in total. The highest BCUT2D eigenvalue weighted by molar-refractivity contribution is 5.99. The van der Waals surface area contributed by atoms with E-state index in [1.54, 1.807) is 25.3 Å². The van der Waals surface area contributed by atoms with Gasteiger partial charge in [0.05, 0.1) is 12.7 Å². The molecule has 0 aromatic heterocycles. The van der Waals surface area contributed by atoms with Crippen molar-refractivity contribution in [1.82, 2.24) is 9.80 Å². The molecule has 0 radical (unpaired) electrons. The number of anilines is 1. The minimum Gasteiger partial charge on any atom is -0.497 e. The number of likely N-dealkylation sites (N-methyl/N-ethyl adjacent to an activating group) is 1. The summed E-state index contributed by atoms with van der Waals surface area (Å²) >= 11 is 0. The highest BCUT2D eigenvalue weighted by atomic mass is 16.5. The van der Waals surface area contributed by atoms with Gasteiger partial charge in [0, 0.05) is 31.4 Å². The van der Waals surface area contributed by atoms with E-state index >= 15 is 0 Å². The lowest BCUT2D eigenvalue weighted by molar-refractivity contribution is 0.0573. The van der Waals surface area contributed by atoms with Crippen molar-refractivity contribution in [3.63, 3.8) is 0 Å². The van der Waals surface area contributed by atoms with Crippen LogP contribution >= 0.6 is 0 Å².